The first-order chi connectivity index (χ1) is 19.0. The van der Waals surface area contributed by atoms with Crippen molar-refractivity contribution in [1.82, 2.24) is 19.6 Å². The second-order valence-electron chi connectivity index (χ2n) is 11.3. The van der Waals surface area contributed by atoms with E-state index in [1.54, 1.807) is 25.2 Å². The summed E-state index contributed by atoms with van der Waals surface area (Å²) in [5.74, 6) is 1.00. The van der Waals surface area contributed by atoms with Crippen LogP contribution in [0.1, 0.15) is 61.0 Å². The first kappa shape index (κ1) is 25.6. The monoisotopic (exact) mass is 528 g/mol. The van der Waals surface area contributed by atoms with Gasteiger partial charge in [-0.3, -0.25) is 14.4 Å². The van der Waals surface area contributed by atoms with E-state index in [2.05, 4.69) is 22.1 Å². The number of fused-ring (bicyclic) bond motifs is 3. The zero-order valence-electron chi connectivity index (χ0n) is 22.6. The van der Waals surface area contributed by atoms with E-state index >= 15 is 0 Å². The summed E-state index contributed by atoms with van der Waals surface area (Å²) in [6.45, 7) is 2.30. The summed E-state index contributed by atoms with van der Waals surface area (Å²) in [5.41, 5.74) is 0.853. The first-order valence-electron chi connectivity index (χ1n) is 14.2. The molecule has 0 aliphatic carbocycles. The van der Waals surface area contributed by atoms with E-state index < -0.39 is 5.41 Å². The van der Waals surface area contributed by atoms with Crippen LogP contribution in [0.5, 0.6) is 5.75 Å². The van der Waals surface area contributed by atoms with Crippen LogP contribution in [0, 0.1) is 5.41 Å². The lowest BCUT2D eigenvalue weighted by Crippen LogP contribution is -2.53. The van der Waals surface area contributed by atoms with Gasteiger partial charge in [-0.15, -0.1) is 0 Å². The molecule has 6 rings (SSSR count). The van der Waals surface area contributed by atoms with Crippen molar-refractivity contribution in [3.63, 3.8) is 0 Å². The van der Waals surface area contributed by atoms with Gasteiger partial charge in [-0.05, 0) is 62.6 Å². The summed E-state index contributed by atoms with van der Waals surface area (Å²) < 4.78 is 7.51. The van der Waals surface area contributed by atoms with E-state index in [0.717, 1.165) is 50.8 Å². The van der Waals surface area contributed by atoms with Crippen LogP contribution < -0.4 is 10.3 Å². The van der Waals surface area contributed by atoms with Gasteiger partial charge in [0.15, 0.2) is 5.69 Å². The third-order valence-electron chi connectivity index (χ3n) is 9.01. The molecule has 4 heterocycles. The van der Waals surface area contributed by atoms with Gasteiger partial charge in [0.2, 0.25) is 5.91 Å². The molecule has 1 aromatic heterocycles. The van der Waals surface area contributed by atoms with E-state index in [0.29, 0.717) is 49.0 Å². The van der Waals surface area contributed by atoms with Crippen LogP contribution in [-0.2, 0) is 18.3 Å². The quantitative estimate of drug-likeness (QED) is 0.478. The van der Waals surface area contributed by atoms with Crippen molar-refractivity contribution in [2.75, 3.05) is 26.2 Å². The van der Waals surface area contributed by atoms with Crippen LogP contribution in [-0.4, -0.2) is 63.7 Å². The fourth-order valence-corrected chi connectivity index (χ4v) is 6.71. The second-order valence-corrected chi connectivity index (χ2v) is 11.3. The number of hydrogen-bond donors (Lipinski definition) is 0. The van der Waals surface area contributed by atoms with Gasteiger partial charge in [0.1, 0.15) is 12.4 Å². The molecule has 0 N–H and O–H groups in total. The maximum absolute atomic E-state index is 14.2. The molecular formula is C31H36N4O4. The minimum absolute atomic E-state index is 0.0858. The van der Waals surface area contributed by atoms with Gasteiger partial charge in [0, 0.05) is 32.1 Å². The largest absolute Gasteiger partial charge is 0.491 e. The SMILES string of the molecule is Cn1nc(C(=O)N2CCC3(CCCCc4ccccc4OC[C@@H]4CCCN4C3=O)CC2)c2ccccc2c1=O. The van der Waals surface area contributed by atoms with Crippen molar-refractivity contribution in [2.24, 2.45) is 12.5 Å². The number of carbonyl (C=O) groups is 2. The molecule has 2 aromatic carbocycles. The summed E-state index contributed by atoms with van der Waals surface area (Å²) in [5, 5.41) is 5.42. The van der Waals surface area contributed by atoms with E-state index in [9.17, 15) is 14.4 Å². The topological polar surface area (TPSA) is 84.7 Å². The first-order valence-corrected chi connectivity index (χ1v) is 14.2. The molecule has 0 unspecified atom stereocenters. The van der Waals surface area contributed by atoms with Gasteiger partial charge >= 0.3 is 0 Å². The van der Waals surface area contributed by atoms with Crippen molar-refractivity contribution in [3.8, 4) is 5.75 Å². The number of aryl methyl sites for hydroxylation is 2. The number of hydrogen-bond acceptors (Lipinski definition) is 5. The lowest BCUT2D eigenvalue weighted by Gasteiger charge is -2.44. The van der Waals surface area contributed by atoms with Gasteiger partial charge in [-0.25, -0.2) is 4.68 Å². The second kappa shape index (κ2) is 10.5. The van der Waals surface area contributed by atoms with Gasteiger partial charge in [-0.1, -0.05) is 42.8 Å². The summed E-state index contributed by atoms with van der Waals surface area (Å²) >= 11 is 0. The Balaban J connectivity index is 1.24. The fourth-order valence-electron chi connectivity index (χ4n) is 6.71. The van der Waals surface area contributed by atoms with Crippen LogP contribution in [0.4, 0.5) is 0 Å². The minimum atomic E-state index is -0.461. The Bertz CT molecular complexity index is 1460. The highest BCUT2D eigenvalue weighted by Gasteiger charge is 2.46. The average molecular weight is 529 g/mol. The highest BCUT2D eigenvalue weighted by Crippen LogP contribution is 2.41. The zero-order chi connectivity index (χ0) is 27.0. The predicted molar refractivity (Wildman–Crippen MR) is 149 cm³/mol. The summed E-state index contributed by atoms with van der Waals surface area (Å²) in [6.07, 6.45) is 6.96. The number of para-hydroxylation sites is 1. The Morgan fingerprint density at radius 1 is 0.923 bits per heavy atom. The molecule has 2 fully saturated rings. The van der Waals surface area contributed by atoms with Crippen LogP contribution in [0.15, 0.2) is 53.3 Å². The number of ether oxygens (including phenoxy) is 1. The number of rotatable bonds is 1. The molecule has 1 spiro atoms. The molecule has 0 bridgehead atoms. The highest BCUT2D eigenvalue weighted by molar-refractivity contribution is 6.04. The molecule has 39 heavy (non-hydrogen) atoms. The summed E-state index contributed by atoms with van der Waals surface area (Å²) in [4.78, 5) is 44.3. The maximum atomic E-state index is 14.2. The Labute approximate surface area is 228 Å². The van der Waals surface area contributed by atoms with Gasteiger partial charge in [0.25, 0.3) is 11.5 Å². The van der Waals surface area contributed by atoms with Gasteiger partial charge in [-0.2, -0.15) is 5.10 Å². The Morgan fingerprint density at radius 2 is 1.67 bits per heavy atom. The zero-order valence-corrected chi connectivity index (χ0v) is 22.6. The molecule has 3 aliphatic rings. The molecule has 0 saturated carbocycles. The summed E-state index contributed by atoms with van der Waals surface area (Å²) in [6, 6.07) is 15.5. The normalized spacial score (nSPS) is 21.6. The average Bonchev–Trinajstić information content (AvgIpc) is 3.44. The molecule has 1 atom stereocenters. The number of carbonyl (C=O) groups excluding carboxylic acids is 2. The van der Waals surface area contributed by atoms with Crippen molar-refractivity contribution >= 4 is 22.6 Å². The smallest absolute Gasteiger partial charge is 0.274 e. The van der Waals surface area contributed by atoms with Crippen molar-refractivity contribution in [2.45, 2.75) is 57.4 Å². The fraction of sp³-hybridized carbons (Fsp3) is 0.484. The summed E-state index contributed by atoms with van der Waals surface area (Å²) in [7, 11) is 1.58. The maximum Gasteiger partial charge on any atom is 0.274 e. The standard InChI is InChI=1S/C31H36N4O4/c1-33-28(36)25-13-4-3-12-24(25)27(32-33)29(37)34-19-16-31(17-20-34)15-7-6-10-22-9-2-5-14-26(22)39-21-23-11-8-18-35(23)30(31)38/h2-5,9,12-14,23H,6-8,10-11,15-21H2,1H3/t23-/m0/s1. The third-order valence-corrected chi connectivity index (χ3v) is 9.01. The predicted octanol–water partition coefficient (Wildman–Crippen LogP) is 3.95. The van der Waals surface area contributed by atoms with Crippen molar-refractivity contribution in [1.29, 1.82) is 0 Å². The molecule has 8 heteroatoms. The molecule has 204 valence electrons. The molecule has 2 saturated heterocycles. The van der Waals surface area contributed by atoms with E-state index in [1.165, 1.54) is 10.2 Å². The Kier molecular flexibility index (Phi) is 6.87. The lowest BCUT2D eigenvalue weighted by atomic mass is 9.72. The van der Waals surface area contributed by atoms with Crippen LogP contribution in [0.2, 0.25) is 0 Å². The third kappa shape index (κ3) is 4.70. The number of nitrogens with zero attached hydrogens (tertiary/aromatic N) is 4. The number of benzene rings is 2. The molecule has 8 nitrogen and oxygen atoms in total. The number of piperidine rings is 1. The molecule has 2 amide bonds. The van der Waals surface area contributed by atoms with E-state index in [-0.39, 0.29) is 23.4 Å². The highest BCUT2D eigenvalue weighted by atomic mass is 16.5. The number of likely N-dealkylation sites (tertiary alicyclic amines) is 1. The molecular weight excluding hydrogens is 492 g/mol. The van der Waals surface area contributed by atoms with Gasteiger partial charge < -0.3 is 14.5 Å². The Hall–Kier alpha value is -3.68. The van der Waals surface area contributed by atoms with Gasteiger partial charge in [0.05, 0.1) is 16.8 Å². The van der Waals surface area contributed by atoms with Crippen LogP contribution in [0.25, 0.3) is 10.8 Å². The van der Waals surface area contributed by atoms with Crippen molar-refractivity contribution in [3.05, 3.63) is 70.1 Å². The molecule has 0 radical (unpaired) electrons. The minimum Gasteiger partial charge on any atom is -0.491 e. The van der Waals surface area contributed by atoms with E-state index in [4.69, 9.17) is 4.74 Å². The van der Waals surface area contributed by atoms with E-state index in [1.807, 2.05) is 23.1 Å². The molecule has 3 aliphatic heterocycles. The lowest BCUT2D eigenvalue weighted by molar-refractivity contribution is -0.147. The molecule has 3 aromatic rings. The van der Waals surface area contributed by atoms with Crippen molar-refractivity contribution < 1.29 is 14.3 Å². The van der Waals surface area contributed by atoms with Crippen LogP contribution in [0.3, 0.4) is 0 Å². The van der Waals surface area contributed by atoms with Crippen LogP contribution >= 0.6 is 0 Å². The number of aromatic nitrogens is 2. The Morgan fingerprint density at radius 3 is 2.49 bits per heavy atom. The number of amides is 2.